The molecule has 0 aliphatic carbocycles. The third kappa shape index (κ3) is 2.82. The molecule has 2 aliphatic heterocycles. The van der Waals surface area contributed by atoms with Crippen LogP contribution in [0.4, 0.5) is 11.4 Å². The summed E-state index contributed by atoms with van der Waals surface area (Å²) in [7, 11) is 1.92. The number of thioether (sulfide) groups is 2. The molecule has 3 heterocycles. The fraction of sp³-hybridized carbons (Fsp3) is 0.143. The van der Waals surface area contributed by atoms with Crippen molar-refractivity contribution < 1.29 is 9.59 Å². The van der Waals surface area contributed by atoms with Crippen molar-refractivity contribution >= 4 is 46.7 Å². The normalized spacial score (nSPS) is 20.8. The number of fused-ring (bicyclic) bond motifs is 2. The van der Waals surface area contributed by atoms with Gasteiger partial charge in [-0.05, 0) is 36.4 Å². The molecule has 2 unspecified atom stereocenters. The number of para-hydroxylation sites is 2. The van der Waals surface area contributed by atoms with Crippen LogP contribution in [0.25, 0.3) is 0 Å². The van der Waals surface area contributed by atoms with E-state index in [2.05, 4.69) is 10.6 Å². The number of amides is 2. The highest BCUT2D eigenvalue weighted by Gasteiger charge is 2.34. The van der Waals surface area contributed by atoms with Gasteiger partial charge in [0, 0.05) is 28.2 Å². The molecule has 2 aliphatic rings. The van der Waals surface area contributed by atoms with E-state index in [9.17, 15) is 9.59 Å². The summed E-state index contributed by atoms with van der Waals surface area (Å²) >= 11 is 3.08. The maximum Gasteiger partial charge on any atom is 0.243 e. The smallest absolute Gasteiger partial charge is 0.243 e. The van der Waals surface area contributed by atoms with E-state index in [1.807, 2.05) is 72.3 Å². The first-order valence-corrected chi connectivity index (χ1v) is 10.7. The average molecular weight is 408 g/mol. The van der Waals surface area contributed by atoms with Crippen molar-refractivity contribution in [3.8, 4) is 0 Å². The predicted molar refractivity (Wildman–Crippen MR) is 113 cm³/mol. The molecule has 2 atom stereocenters. The van der Waals surface area contributed by atoms with Crippen LogP contribution >= 0.6 is 23.5 Å². The molecule has 2 amide bonds. The number of benzene rings is 2. The van der Waals surface area contributed by atoms with Crippen molar-refractivity contribution in [2.24, 2.45) is 7.05 Å². The van der Waals surface area contributed by atoms with Gasteiger partial charge in [-0.2, -0.15) is 0 Å². The standard InChI is InChI=1S/C21H17N3O2S2/c1-24-14(18-20(25)22-12-6-2-4-8-16(12)27-18)10-11-15(24)19-21(26)23-13-7-3-5-9-17(13)28-19/h2-11,18-19H,1H3,(H,22,25)(H,23,26). The molecule has 3 aromatic rings. The predicted octanol–water partition coefficient (Wildman–Crippen LogP) is 4.60. The zero-order valence-electron chi connectivity index (χ0n) is 15.0. The minimum Gasteiger partial charge on any atom is -0.349 e. The molecular weight excluding hydrogens is 390 g/mol. The molecule has 5 rings (SSSR count). The first-order valence-electron chi connectivity index (χ1n) is 8.90. The number of carbonyl (C=O) groups is 2. The Labute approximate surface area is 170 Å². The molecule has 5 nitrogen and oxygen atoms in total. The minimum absolute atomic E-state index is 0.0393. The Morgan fingerprint density at radius 2 is 1.14 bits per heavy atom. The van der Waals surface area contributed by atoms with E-state index in [-0.39, 0.29) is 22.3 Å². The van der Waals surface area contributed by atoms with Crippen molar-refractivity contribution in [3.05, 3.63) is 72.1 Å². The number of rotatable bonds is 2. The van der Waals surface area contributed by atoms with Gasteiger partial charge in [-0.15, -0.1) is 23.5 Å². The summed E-state index contributed by atoms with van der Waals surface area (Å²) in [5.74, 6) is -0.0786. The lowest BCUT2D eigenvalue weighted by Crippen LogP contribution is -2.26. The van der Waals surface area contributed by atoms with Crippen molar-refractivity contribution in [1.29, 1.82) is 0 Å². The molecule has 0 radical (unpaired) electrons. The summed E-state index contributed by atoms with van der Waals surface area (Å²) < 4.78 is 1.98. The van der Waals surface area contributed by atoms with Crippen LogP contribution in [0.2, 0.25) is 0 Å². The van der Waals surface area contributed by atoms with Crippen molar-refractivity contribution in [2.75, 3.05) is 10.6 Å². The molecule has 0 spiro atoms. The van der Waals surface area contributed by atoms with Crippen LogP contribution in [0.15, 0.2) is 70.5 Å². The van der Waals surface area contributed by atoms with Gasteiger partial charge in [0.15, 0.2) is 0 Å². The van der Waals surface area contributed by atoms with Crippen molar-refractivity contribution in [2.45, 2.75) is 20.3 Å². The van der Waals surface area contributed by atoms with Gasteiger partial charge in [0.05, 0.1) is 11.4 Å². The molecule has 1 aromatic heterocycles. The first kappa shape index (κ1) is 17.5. The summed E-state index contributed by atoms with van der Waals surface area (Å²) in [6.45, 7) is 0. The van der Waals surface area contributed by atoms with Crippen LogP contribution in [0.5, 0.6) is 0 Å². The number of hydrogen-bond acceptors (Lipinski definition) is 4. The molecule has 7 heteroatoms. The molecule has 0 bridgehead atoms. The monoisotopic (exact) mass is 407 g/mol. The fourth-order valence-corrected chi connectivity index (χ4v) is 5.92. The molecule has 28 heavy (non-hydrogen) atoms. The summed E-state index contributed by atoms with van der Waals surface area (Å²) in [5, 5.41) is 5.28. The number of carbonyl (C=O) groups excluding carboxylic acids is 2. The molecule has 0 fully saturated rings. The third-order valence-corrected chi connectivity index (χ3v) is 7.59. The maximum atomic E-state index is 12.7. The van der Waals surface area contributed by atoms with Crippen LogP contribution in [0.3, 0.4) is 0 Å². The summed E-state index contributed by atoms with van der Waals surface area (Å²) in [4.78, 5) is 27.5. The van der Waals surface area contributed by atoms with E-state index in [1.54, 1.807) is 23.5 Å². The summed E-state index contributed by atoms with van der Waals surface area (Å²) in [6.07, 6.45) is 0. The average Bonchev–Trinajstić information content (AvgIpc) is 3.08. The van der Waals surface area contributed by atoms with Gasteiger partial charge in [-0.3, -0.25) is 9.59 Å². The number of hydrogen-bond donors (Lipinski definition) is 2. The first-order chi connectivity index (χ1) is 13.6. The van der Waals surface area contributed by atoms with E-state index in [1.165, 1.54) is 0 Å². The van der Waals surface area contributed by atoms with Gasteiger partial charge in [-0.25, -0.2) is 0 Å². The van der Waals surface area contributed by atoms with Gasteiger partial charge >= 0.3 is 0 Å². The molecule has 2 aromatic carbocycles. The Balaban J connectivity index is 1.47. The van der Waals surface area contributed by atoms with E-state index >= 15 is 0 Å². The lowest BCUT2D eigenvalue weighted by molar-refractivity contribution is -0.116. The number of aromatic nitrogens is 1. The summed E-state index contributed by atoms with van der Waals surface area (Å²) in [6, 6.07) is 19.5. The highest BCUT2D eigenvalue weighted by Crippen LogP contribution is 2.47. The molecular formula is C21H17N3O2S2. The van der Waals surface area contributed by atoms with E-state index in [4.69, 9.17) is 0 Å². The van der Waals surface area contributed by atoms with Gasteiger partial charge < -0.3 is 15.2 Å². The summed E-state index contributed by atoms with van der Waals surface area (Å²) in [5.41, 5.74) is 3.47. The van der Waals surface area contributed by atoms with Crippen molar-refractivity contribution in [3.63, 3.8) is 0 Å². The Kier molecular flexibility index (Phi) is 4.21. The minimum atomic E-state index is -0.349. The van der Waals surface area contributed by atoms with E-state index in [0.717, 1.165) is 32.6 Å². The topological polar surface area (TPSA) is 63.1 Å². The van der Waals surface area contributed by atoms with Crippen LogP contribution in [0.1, 0.15) is 21.9 Å². The van der Waals surface area contributed by atoms with E-state index in [0.29, 0.717) is 0 Å². The van der Waals surface area contributed by atoms with Crippen LogP contribution < -0.4 is 10.6 Å². The third-order valence-electron chi connectivity index (χ3n) is 4.99. The van der Waals surface area contributed by atoms with Gasteiger partial charge in [-0.1, -0.05) is 24.3 Å². The van der Waals surface area contributed by atoms with Crippen LogP contribution in [0, 0.1) is 0 Å². The largest absolute Gasteiger partial charge is 0.349 e. The van der Waals surface area contributed by atoms with Gasteiger partial charge in [0.2, 0.25) is 11.8 Å². The SMILES string of the molecule is Cn1c(C2Sc3ccccc3NC2=O)ccc1C1Sc2ccccc2NC1=O. The van der Waals surface area contributed by atoms with Crippen LogP contribution in [-0.2, 0) is 16.6 Å². The second-order valence-electron chi connectivity index (χ2n) is 6.71. The Morgan fingerprint density at radius 3 is 1.61 bits per heavy atom. The van der Waals surface area contributed by atoms with Crippen LogP contribution in [-0.4, -0.2) is 16.4 Å². The lowest BCUT2D eigenvalue weighted by Gasteiger charge is -2.27. The zero-order valence-corrected chi connectivity index (χ0v) is 16.6. The molecule has 0 saturated carbocycles. The molecule has 0 saturated heterocycles. The number of nitrogens with one attached hydrogen (secondary N) is 2. The fourth-order valence-electron chi connectivity index (χ4n) is 3.56. The van der Waals surface area contributed by atoms with Gasteiger partial charge in [0.1, 0.15) is 10.5 Å². The van der Waals surface area contributed by atoms with Gasteiger partial charge in [0.25, 0.3) is 0 Å². The highest BCUT2D eigenvalue weighted by molar-refractivity contribution is 8.00. The highest BCUT2D eigenvalue weighted by atomic mass is 32.2. The lowest BCUT2D eigenvalue weighted by atomic mass is 10.2. The second kappa shape index (κ2) is 6.76. The van der Waals surface area contributed by atoms with Crippen molar-refractivity contribution in [1.82, 2.24) is 4.57 Å². The molecule has 140 valence electrons. The molecule has 2 N–H and O–H groups in total. The quantitative estimate of drug-likeness (QED) is 0.652. The Hall–Kier alpha value is -2.64. The second-order valence-corrected chi connectivity index (χ2v) is 9.00. The Morgan fingerprint density at radius 1 is 0.714 bits per heavy atom. The number of anilines is 2. The maximum absolute atomic E-state index is 12.7. The Bertz CT molecular complexity index is 1020. The number of nitrogens with zero attached hydrogens (tertiary/aromatic N) is 1. The zero-order chi connectivity index (χ0) is 19.3. The van der Waals surface area contributed by atoms with E-state index < -0.39 is 0 Å².